The maximum atomic E-state index is 13.6. The Labute approximate surface area is 179 Å². The summed E-state index contributed by atoms with van der Waals surface area (Å²) in [5, 5.41) is 0. The molecule has 8 heteroatoms. The molecule has 2 aliphatic heterocycles. The monoisotopic (exact) mass is 430 g/mol. The number of ether oxygens (including phenoxy) is 4. The second kappa shape index (κ2) is 5.09. The van der Waals surface area contributed by atoms with Crippen molar-refractivity contribution in [2.24, 2.45) is 46.3 Å². The van der Waals surface area contributed by atoms with Gasteiger partial charge in [0.2, 0.25) is 0 Å². The van der Waals surface area contributed by atoms with Crippen LogP contribution >= 0.6 is 0 Å². The van der Waals surface area contributed by atoms with Crippen molar-refractivity contribution in [1.29, 1.82) is 0 Å². The fourth-order valence-electron chi connectivity index (χ4n) is 10.6. The zero-order chi connectivity index (χ0) is 21.6. The summed E-state index contributed by atoms with van der Waals surface area (Å²) in [5.74, 6) is -1.28. The van der Waals surface area contributed by atoms with Crippen molar-refractivity contribution in [2.75, 3.05) is 14.2 Å². The molecule has 0 aromatic heterocycles. The van der Waals surface area contributed by atoms with Crippen LogP contribution in [0.1, 0.15) is 44.9 Å². The van der Waals surface area contributed by atoms with Gasteiger partial charge in [0.25, 0.3) is 0 Å². The molecule has 31 heavy (non-hydrogen) atoms. The molecule has 8 fully saturated rings. The predicted molar refractivity (Wildman–Crippen MR) is 99.8 cm³/mol. The molecule has 0 radical (unpaired) electrons. The predicted octanol–water partition coefficient (Wildman–Crippen LogP) is 1.39. The Balaban J connectivity index is 1.49. The van der Waals surface area contributed by atoms with Crippen molar-refractivity contribution in [3.8, 4) is 0 Å². The number of rotatable bonds is 2. The summed E-state index contributed by atoms with van der Waals surface area (Å²) in [6, 6.07) is 0. The van der Waals surface area contributed by atoms with Crippen LogP contribution in [-0.4, -0.2) is 49.3 Å². The summed E-state index contributed by atoms with van der Waals surface area (Å²) in [5.41, 5.74) is -3.23. The van der Waals surface area contributed by atoms with E-state index in [4.69, 9.17) is 18.9 Å². The van der Waals surface area contributed by atoms with Crippen LogP contribution in [0.4, 0.5) is 0 Å². The van der Waals surface area contributed by atoms with Gasteiger partial charge in [-0.15, -0.1) is 0 Å². The molecule has 8 bridgehead atoms. The second-order valence-corrected chi connectivity index (χ2v) is 11.0. The standard InChI is InChI=1S/C23H26O8/c1-28-18(26)22-9-23(19(27)29-2)11-8-20(5-3-12(24)30-20)16(22)15(11)14-10(22)7-21(17(14)23)6-4-13(25)31-21/h10-11,14-17H,3-9H2,1-2H3/t10-,11+,14-,15-,16-,17-,20-,21+,22-,23-/m1/s1. The van der Waals surface area contributed by atoms with Crippen molar-refractivity contribution >= 4 is 23.9 Å². The van der Waals surface area contributed by atoms with E-state index in [1.165, 1.54) is 14.2 Å². The first-order valence-electron chi connectivity index (χ1n) is 11.4. The van der Waals surface area contributed by atoms with E-state index in [9.17, 15) is 19.2 Å². The van der Waals surface area contributed by atoms with Crippen LogP contribution in [0.3, 0.4) is 0 Å². The second-order valence-electron chi connectivity index (χ2n) is 11.0. The summed E-state index contributed by atoms with van der Waals surface area (Å²) in [6.07, 6.45) is 3.36. The molecule has 8 aliphatic rings. The van der Waals surface area contributed by atoms with E-state index >= 15 is 0 Å². The van der Waals surface area contributed by atoms with Crippen LogP contribution in [0.25, 0.3) is 0 Å². The van der Waals surface area contributed by atoms with Gasteiger partial charge in [-0.05, 0) is 55.8 Å². The van der Waals surface area contributed by atoms with E-state index in [1.54, 1.807) is 0 Å². The number of esters is 4. The Bertz CT molecular complexity index is 899. The van der Waals surface area contributed by atoms with Gasteiger partial charge < -0.3 is 18.9 Å². The van der Waals surface area contributed by atoms with Crippen molar-refractivity contribution in [2.45, 2.75) is 56.1 Å². The zero-order valence-electron chi connectivity index (χ0n) is 17.7. The minimum atomic E-state index is -0.912. The highest BCUT2D eigenvalue weighted by Crippen LogP contribution is 2.90. The van der Waals surface area contributed by atoms with Gasteiger partial charge in [0, 0.05) is 24.7 Å². The summed E-state index contributed by atoms with van der Waals surface area (Å²) >= 11 is 0. The van der Waals surface area contributed by atoms with E-state index in [1.807, 2.05) is 0 Å². The highest BCUT2D eigenvalue weighted by Gasteiger charge is 2.94. The first kappa shape index (κ1) is 18.5. The molecule has 10 atom stereocenters. The highest BCUT2D eigenvalue weighted by atomic mass is 16.6. The molecule has 6 saturated carbocycles. The topological polar surface area (TPSA) is 105 Å². The van der Waals surface area contributed by atoms with Gasteiger partial charge in [-0.25, -0.2) is 0 Å². The molecule has 8 rings (SSSR count). The van der Waals surface area contributed by atoms with Gasteiger partial charge in [-0.3, -0.25) is 19.2 Å². The molecular formula is C23H26O8. The lowest BCUT2D eigenvalue weighted by molar-refractivity contribution is -0.189. The Morgan fingerprint density at radius 2 is 1.23 bits per heavy atom. The first-order valence-corrected chi connectivity index (χ1v) is 11.4. The van der Waals surface area contributed by atoms with Crippen LogP contribution in [-0.2, 0) is 38.1 Å². The average Bonchev–Trinajstić information content (AvgIpc) is 3.52. The third-order valence-electron chi connectivity index (χ3n) is 10.7. The van der Waals surface area contributed by atoms with Gasteiger partial charge in [0.15, 0.2) is 0 Å². The van der Waals surface area contributed by atoms with E-state index in [0.717, 1.165) is 0 Å². The maximum absolute atomic E-state index is 13.6. The van der Waals surface area contributed by atoms with Crippen LogP contribution in [0.15, 0.2) is 0 Å². The molecule has 2 heterocycles. The molecule has 6 aliphatic carbocycles. The van der Waals surface area contributed by atoms with Gasteiger partial charge >= 0.3 is 23.9 Å². The number of methoxy groups -OCH3 is 2. The molecular weight excluding hydrogens is 404 g/mol. The SMILES string of the molecule is COC(=O)[C@@]12C[C@@]3(C(=O)OC)[C@@H]4C[C@@]5(CCC(=O)O5)[C@H]1[C@H]4[C@@H]1[C@@H]3[C@@]3(CCC(=O)O3)C[C@@H]12. The quantitative estimate of drug-likeness (QED) is 0.478. The van der Waals surface area contributed by atoms with Gasteiger partial charge in [0.05, 0.1) is 25.0 Å². The van der Waals surface area contributed by atoms with Crippen molar-refractivity contribution in [3.63, 3.8) is 0 Å². The minimum Gasteiger partial charge on any atom is -0.469 e. The van der Waals surface area contributed by atoms with Crippen LogP contribution in [0, 0.1) is 46.3 Å². The van der Waals surface area contributed by atoms with Gasteiger partial charge in [0.1, 0.15) is 11.2 Å². The van der Waals surface area contributed by atoms with Gasteiger partial charge in [-0.1, -0.05) is 0 Å². The summed E-state index contributed by atoms with van der Waals surface area (Å²) < 4.78 is 22.8. The number of carbonyl (C=O) groups is 4. The van der Waals surface area contributed by atoms with Crippen molar-refractivity contribution in [1.82, 2.24) is 0 Å². The number of hydrogen-bond acceptors (Lipinski definition) is 8. The molecule has 8 nitrogen and oxygen atoms in total. The lowest BCUT2D eigenvalue weighted by atomic mass is 9.52. The average molecular weight is 430 g/mol. The highest BCUT2D eigenvalue weighted by molar-refractivity contribution is 5.87. The lowest BCUT2D eigenvalue weighted by Crippen LogP contribution is -2.58. The van der Waals surface area contributed by atoms with Crippen molar-refractivity contribution < 1.29 is 38.1 Å². The van der Waals surface area contributed by atoms with E-state index in [0.29, 0.717) is 44.9 Å². The zero-order valence-corrected chi connectivity index (χ0v) is 17.7. The number of carbonyl (C=O) groups excluding carboxylic acids is 4. The normalized spacial score (nSPS) is 56.6. The third kappa shape index (κ3) is 1.60. The van der Waals surface area contributed by atoms with E-state index < -0.39 is 22.0 Å². The van der Waals surface area contributed by atoms with E-state index in [2.05, 4.69) is 0 Å². The third-order valence-corrected chi connectivity index (χ3v) is 10.7. The maximum Gasteiger partial charge on any atom is 0.312 e. The van der Waals surface area contributed by atoms with Crippen LogP contribution in [0.2, 0.25) is 0 Å². The molecule has 0 N–H and O–H groups in total. The molecule has 0 aromatic rings. The lowest BCUT2D eigenvalue weighted by Gasteiger charge is -2.50. The summed E-state index contributed by atoms with van der Waals surface area (Å²) in [7, 11) is 2.79. The molecule has 0 unspecified atom stereocenters. The van der Waals surface area contributed by atoms with Gasteiger partial charge in [-0.2, -0.15) is 0 Å². The Morgan fingerprint density at radius 3 is 1.55 bits per heavy atom. The largest absolute Gasteiger partial charge is 0.469 e. The van der Waals surface area contributed by atoms with E-state index in [-0.39, 0.29) is 59.4 Å². The Kier molecular flexibility index (Phi) is 3.03. The molecule has 166 valence electrons. The molecule has 2 spiro atoms. The fourth-order valence-corrected chi connectivity index (χ4v) is 10.6. The fraction of sp³-hybridized carbons (Fsp3) is 0.826. The number of hydrogen-bond donors (Lipinski definition) is 0. The van der Waals surface area contributed by atoms with Crippen LogP contribution in [0.5, 0.6) is 0 Å². The Hall–Kier alpha value is -2.12. The summed E-state index contributed by atoms with van der Waals surface area (Å²) in [4.78, 5) is 51.7. The first-order chi connectivity index (χ1) is 14.8. The van der Waals surface area contributed by atoms with Crippen LogP contribution < -0.4 is 0 Å². The molecule has 0 aromatic carbocycles. The smallest absolute Gasteiger partial charge is 0.312 e. The summed E-state index contributed by atoms with van der Waals surface area (Å²) in [6.45, 7) is 0. The molecule has 2 saturated heterocycles. The van der Waals surface area contributed by atoms with Crippen molar-refractivity contribution in [3.05, 3.63) is 0 Å². The molecule has 0 amide bonds. The minimum absolute atomic E-state index is 0.0369. The Morgan fingerprint density at radius 1 is 0.806 bits per heavy atom.